The van der Waals surface area contributed by atoms with Crippen LogP contribution in [0.1, 0.15) is 0 Å². The molecule has 1 aliphatic heterocycles. The normalized spacial score (nSPS) is 15.1. The van der Waals surface area contributed by atoms with E-state index >= 15 is 0 Å². The van der Waals surface area contributed by atoms with E-state index in [1.165, 1.54) is 29.2 Å². The maximum Gasteiger partial charge on any atom is 0.323 e. The second-order valence-electron chi connectivity index (χ2n) is 4.08. The average Bonchev–Trinajstić information content (AvgIpc) is 2.75. The quantitative estimate of drug-likeness (QED) is 0.836. The number of carboxylic acid groups (broad SMARTS) is 1. The number of halogens is 1. The number of carbonyl (C=O) groups is 1. The van der Waals surface area contributed by atoms with Crippen molar-refractivity contribution in [3.05, 3.63) is 29.3 Å². The second kappa shape index (κ2) is 5.68. The monoisotopic (exact) mass is 317 g/mol. The Morgan fingerprint density at radius 1 is 1.40 bits per heavy atom. The fourth-order valence-corrected chi connectivity index (χ4v) is 2.86. The Morgan fingerprint density at radius 3 is 2.65 bits per heavy atom. The molecule has 1 aliphatic rings. The predicted octanol–water partition coefficient (Wildman–Crippen LogP) is 0.375. The first-order valence-corrected chi connectivity index (χ1v) is 7.54. The lowest BCUT2D eigenvalue weighted by molar-refractivity contribution is -0.137. The van der Waals surface area contributed by atoms with Gasteiger partial charge in [-0.05, 0) is 24.3 Å². The van der Waals surface area contributed by atoms with Crippen LogP contribution in [0.2, 0.25) is 5.02 Å². The molecule has 0 spiro atoms. The summed E-state index contributed by atoms with van der Waals surface area (Å²) in [5.41, 5.74) is 0. The highest BCUT2D eigenvalue weighted by Crippen LogP contribution is 2.14. The van der Waals surface area contributed by atoms with Crippen LogP contribution in [0, 0.1) is 0 Å². The van der Waals surface area contributed by atoms with Crippen molar-refractivity contribution in [1.29, 1.82) is 0 Å². The topological polar surface area (TPSA) is 99.1 Å². The van der Waals surface area contributed by atoms with Gasteiger partial charge in [0.15, 0.2) is 0 Å². The molecule has 1 aromatic carbocycles. The van der Waals surface area contributed by atoms with Gasteiger partial charge in [-0.1, -0.05) is 11.6 Å². The van der Waals surface area contributed by atoms with E-state index in [2.05, 4.69) is 9.71 Å². The smallest absolute Gasteiger partial charge is 0.323 e. The average molecular weight is 318 g/mol. The van der Waals surface area contributed by atoms with Crippen LogP contribution >= 0.6 is 11.6 Å². The van der Waals surface area contributed by atoms with Crippen molar-refractivity contribution in [3.63, 3.8) is 0 Å². The minimum atomic E-state index is -3.80. The maximum atomic E-state index is 12.1. The van der Waals surface area contributed by atoms with Gasteiger partial charge in [-0.3, -0.25) is 9.79 Å². The summed E-state index contributed by atoms with van der Waals surface area (Å²) < 4.78 is 26.5. The van der Waals surface area contributed by atoms with Crippen molar-refractivity contribution in [1.82, 2.24) is 9.62 Å². The second-order valence-corrected chi connectivity index (χ2v) is 6.20. The number of hydrogen-bond acceptors (Lipinski definition) is 5. The number of aliphatic imine (C=N–C) groups is 1. The zero-order valence-corrected chi connectivity index (χ0v) is 11.9. The summed E-state index contributed by atoms with van der Waals surface area (Å²) in [4.78, 5) is 16.0. The van der Waals surface area contributed by atoms with Crippen LogP contribution in [-0.2, 0) is 14.8 Å². The zero-order chi connectivity index (χ0) is 14.8. The number of guanidine groups is 1. The van der Waals surface area contributed by atoms with E-state index in [0.29, 0.717) is 18.1 Å². The van der Waals surface area contributed by atoms with Crippen molar-refractivity contribution >= 4 is 33.6 Å². The van der Waals surface area contributed by atoms with Gasteiger partial charge in [0.1, 0.15) is 6.54 Å². The molecule has 0 bridgehead atoms. The molecule has 0 aromatic heterocycles. The molecule has 0 radical (unpaired) electrons. The molecule has 0 aliphatic carbocycles. The van der Waals surface area contributed by atoms with E-state index in [9.17, 15) is 13.2 Å². The highest BCUT2D eigenvalue weighted by atomic mass is 35.5. The number of sulfonamides is 1. The van der Waals surface area contributed by atoms with Crippen LogP contribution in [0.25, 0.3) is 0 Å². The number of rotatable bonds is 4. The Morgan fingerprint density at radius 2 is 2.05 bits per heavy atom. The van der Waals surface area contributed by atoms with E-state index in [1.54, 1.807) is 0 Å². The molecular formula is C11H12ClN3O4S. The van der Waals surface area contributed by atoms with Crippen molar-refractivity contribution in [2.24, 2.45) is 4.99 Å². The molecule has 2 rings (SSSR count). The molecule has 0 saturated heterocycles. The molecule has 0 atom stereocenters. The van der Waals surface area contributed by atoms with Gasteiger partial charge in [0, 0.05) is 11.6 Å². The van der Waals surface area contributed by atoms with E-state index in [-0.39, 0.29) is 17.4 Å². The Hall–Kier alpha value is -1.80. The summed E-state index contributed by atoms with van der Waals surface area (Å²) >= 11 is 5.70. The molecule has 0 unspecified atom stereocenters. The lowest BCUT2D eigenvalue weighted by Crippen LogP contribution is -2.43. The summed E-state index contributed by atoms with van der Waals surface area (Å²) in [5.74, 6) is -1.01. The molecule has 7 nitrogen and oxygen atoms in total. The Kier molecular flexibility index (Phi) is 4.15. The molecular weight excluding hydrogens is 306 g/mol. The Balaban J connectivity index is 2.16. The fourth-order valence-electron chi connectivity index (χ4n) is 1.69. The first kappa shape index (κ1) is 14.6. The molecule has 2 N–H and O–H groups in total. The standard InChI is InChI=1S/C11H12ClN3O4S/c12-8-1-3-9(4-2-8)20(18,19)14-11-13-5-6-15(11)7-10(16)17/h1-4H,5-7H2,(H,13,14)(H,16,17). The molecule has 9 heteroatoms. The summed E-state index contributed by atoms with van der Waals surface area (Å²) in [6.07, 6.45) is 0. The van der Waals surface area contributed by atoms with Gasteiger partial charge in [0.25, 0.3) is 10.0 Å². The lowest BCUT2D eigenvalue weighted by Gasteiger charge is -2.18. The van der Waals surface area contributed by atoms with Crippen molar-refractivity contribution in [2.75, 3.05) is 19.6 Å². The van der Waals surface area contributed by atoms with Gasteiger partial charge in [0.05, 0.1) is 11.4 Å². The molecule has 0 amide bonds. The minimum absolute atomic E-state index is 0.0341. The van der Waals surface area contributed by atoms with Crippen molar-refractivity contribution in [2.45, 2.75) is 4.90 Å². The van der Waals surface area contributed by atoms with E-state index < -0.39 is 16.0 Å². The highest BCUT2D eigenvalue weighted by molar-refractivity contribution is 7.90. The van der Waals surface area contributed by atoms with Crippen LogP contribution in [0.3, 0.4) is 0 Å². The number of carboxylic acids is 1. The van der Waals surface area contributed by atoms with E-state index in [0.717, 1.165) is 0 Å². The van der Waals surface area contributed by atoms with Crippen LogP contribution in [0.15, 0.2) is 34.2 Å². The zero-order valence-electron chi connectivity index (χ0n) is 10.3. The third-order valence-corrected chi connectivity index (χ3v) is 4.20. The van der Waals surface area contributed by atoms with E-state index in [4.69, 9.17) is 16.7 Å². The number of nitrogens with zero attached hydrogens (tertiary/aromatic N) is 2. The molecule has 1 heterocycles. The SMILES string of the molecule is O=C(O)CN1CCN=C1NS(=O)(=O)c1ccc(Cl)cc1. The molecule has 0 fully saturated rings. The number of benzene rings is 1. The van der Waals surface area contributed by atoms with Gasteiger partial charge in [0.2, 0.25) is 5.96 Å². The minimum Gasteiger partial charge on any atom is -0.480 e. The molecule has 20 heavy (non-hydrogen) atoms. The fraction of sp³-hybridized carbons (Fsp3) is 0.273. The van der Waals surface area contributed by atoms with E-state index in [1.807, 2.05) is 0 Å². The van der Waals surface area contributed by atoms with Crippen LogP contribution < -0.4 is 4.72 Å². The van der Waals surface area contributed by atoms with Crippen molar-refractivity contribution in [3.8, 4) is 0 Å². The van der Waals surface area contributed by atoms with Crippen LogP contribution in [0.4, 0.5) is 0 Å². The summed E-state index contributed by atoms with van der Waals surface area (Å²) in [5, 5.41) is 9.17. The number of aliphatic carboxylic acids is 1. The molecule has 1 aromatic rings. The Bertz CT molecular complexity index is 642. The third kappa shape index (κ3) is 3.40. The van der Waals surface area contributed by atoms with Crippen molar-refractivity contribution < 1.29 is 18.3 Å². The summed E-state index contributed by atoms with van der Waals surface area (Å²) in [6.45, 7) is 0.415. The van der Waals surface area contributed by atoms with Gasteiger partial charge >= 0.3 is 5.97 Å². The van der Waals surface area contributed by atoms with Gasteiger partial charge in [-0.25, -0.2) is 13.1 Å². The largest absolute Gasteiger partial charge is 0.480 e. The van der Waals surface area contributed by atoms with Gasteiger partial charge < -0.3 is 10.0 Å². The molecule has 108 valence electrons. The summed E-state index contributed by atoms with van der Waals surface area (Å²) in [6, 6.07) is 5.65. The predicted molar refractivity (Wildman–Crippen MR) is 73.3 cm³/mol. The Labute approximate surface area is 120 Å². The highest BCUT2D eigenvalue weighted by Gasteiger charge is 2.24. The third-order valence-electron chi connectivity index (χ3n) is 2.61. The molecule has 0 saturated carbocycles. The van der Waals surface area contributed by atoms with Gasteiger partial charge in [-0.2, -0.15) is 0 Å². The summed E-state index contributed by atoms with van der Waals surface area (Å²) in [7, 11) is -3.80. The maximum absolute atomic E-state index is 12.1. The lowest BCUT2D eigenvalue weighted by atomic mass is 10.4. The number of nitrogens with one attached hydrogen (secondary N) is 1. The van der Waals surface area contributed by atoms with Crippen LogP contribution in [0.5, 0.6) is 0 Å². The number of hydrogen-bond donors (Lipinski definition) is 2. The first-order chi connectivity index (χ1) is 9.38. The van der Waals surface area contributed by atoms with Gasteiger partial charge in [-0.15, -0.1) is 0 Å². The first-order valence-electron chi connectivity index (χ1n) is 5.68. The van der Waals surface area contributed by atoms with Crippen LogP contribution in [-0.4, -0.2) is 50.0 Å².